The van der Waals surface area contributed by atoms with Gasteiger partial charge in [-0.25, -0.2) is 0 Å². The Kier molecular flexibility index (Phi) is 4.60. The lowest BCUT2D eigenvalue weighted by Gasteiger charge is -2.33. The first-order valence-electron chi connectivity index (χ1n) is 6.25. The zero-order valence-corrected chi connectivity index (χ0v) is 11.5. The fourth-order valence-electron chi connectivity index (χ4n) is 2.46. The molecule has 2 nitrogen and oxygen atoms in total. The second-order valence-electron chi connectivity index (χ2n) is 4.55. The van der Waals surface area contributed by atoms with Crippen molar-refractivity contribution >= 4 is 21.8 Å². The lowest BCUT2D eigenvalue weighted by molar-refractivity contribution is 0.0685. The van der Waals surface area contributed by atoms with Crippen LogP contribution in [0.5, 0.6) is 0 Å². The lowest BCUT2D eigenvalue weighted by Crippen LogP contribution is -2.40. The van der Waals surface area contributed by atoms with Crippen molar-refractivity contribution in [1.82, 2.24) is 4.90 Å². The summed E-state index contributed by atoms with van der Waals surface area (Å²) in [6.45, 7) is 0. The van der Waals surface area contributed by atoms with Crippen molar-refractivity contribution < 1.29 is 4.79 Å². The molecule has 2 rings (SSSR count). The molecule has 0 spiro atoms. The molecule has 0 aliphatic heterocycles. The summed E-state index contributed by atoms with van der Waals surface area (Å²) in [5.41, 5.74) is 1.42. The van der Waals surface area contributed by atoms with Crippen LogP contribution in [0.15, 0.2) is 30.3 Å². The Morgan fingerprint density at radius 3 is 2.41 bits per heavy atom. The zero-order chi connectivity index (χ0) is 12.1. The van der Waals surface area contributed by atoms with Crippen LogP contribution >= 0.6 is 15.9 Å². The highest BCUT2D eigenvalue weighted by Crippen LogP contribution is 2.24. The first-order chi connectivity index (χ1) is 8.33. The molecule has 1 amide bonds. The number of amides is 1. The Bertz CT molecular complexity index is 360. The van der Waals surface area contributed by atoms with E-state index in [1.54, 1.807) is 0 Å². The summed E-state index contributed by atoms with van der Waals surface area (Å²) in [7, 11) is 0. The molecule has 1 aliphatic carbocycles. The first kappa shape index (κ1) is 12.6. The maximum atomic E-state index is 12.4. The van der Waals surface area contributed by atoms with Crippen LogP contribution in [0.2, 0.25) is 0 Å². The Morgan fingerprint density at radius 1 is 1.18 bits per heavy atom. The topological polar surface area (TPSA) is 20.3 Å². The molecule has 0 saturated heterocycles. The molecule has 17 heavy (non-hydrogen) atoms. The van der Waals surface area contributed by atoms with Gasteiger partial charge >= 0.3 is 0 Å². The summed E-state index contributed by atoms with van der Waals surface area (Å²) in [5, 5.41) is 0. The van der Waals surface area contributed by atoms with Gasteiger partial charge in [0.15, 0.2) is 0 Å². The van der Waals surface area contributed by atoms with Crippen LogP contribution in [0.1, 0.15) is 42.5 Å². The molecule has 1 saturated carbocycles. The van der Waals surface area contributed by atoms with Gasteiger partial charge in [0.2, 0.25) is 0 Å². The minimum Gasteiger partial charge on any atom is -0.326 e. The highest BCUT2D eigenvalue weighted by Gasteiger charge is 2.25. The third-order valence-corrected chi connectivity index (χ3v) is 3.97. The summed E-state index contributed by atoms with van der Waals surface area (Å²) in [6, 6.07) is 9.97. The van der Waals surface area contributed by atoms with Crippen LogP contribution < -0.4 is 0 Å². The van der Waals surface area contributed by atoms with Gasteiger partial charge in [-0.1, -0.05) is 53.4 Å². The highest BCUT2D eigenvalue weighted by molar-refractivity contribution is 9.09. The Labute approximate surface area is 111 Å². The van der Waals surface area contributed by atoms with E-state index < -0.39 is 0 Å². The van der Waals surface area contributed by atoms with E-state index in [1.165, 1.54) is 19.3 Å². The Balaban J connectivity index is 2.09. The molecular formula is C14H18BrNO. The van der Waals surface area contributed by atoms with Gasteiger partial charge in [-0.15, -0.1) is 0 Å². The minimum atomic E-state index is 0.148. The van der Waals surface area contributed by atoms with Crippen molar-refractivity contribution in [2.75, 3.05) is 5.45 Å². The van der Waals surface area contributed by atoms with E-state index in [1.807, 2.05) is 35.2 Å². The number of hydrogen-bond acceptors (Lipinski definition) is 1. The number of alkyl halides is 1. The van der Waals surface area contributed by atoms with E-state index in [2.05, 4.69) is 15.9 Å². The predicted molar refractivity (Wildman–Crippen MR) is 73.3 cm³/mol. The van der Waals surface area contributed by atoms with Gasteiger partial charge < -0.3 is 4.90 Å². The van der Waals surface area contributed by atoms with Gasteiger partial charge in [0, 0.05) is 11.6 Å². The van der Waals surface area contributed by atoms with Crippen LogP contribution in [-0.4, -0.2) is 22.3 Å². The quantitative estimate of drug-likeness (QED) is 0.613. The van der Waals surface area contributed by atoms with Gasteiger partial charge in [-0.3, -0.25) is 4.79 Å². The molecule has 1 aliphatic rings. The summed E-state index contributed by atoms with van der Waals surface area (Å²) >= 11 is 3.45. The van der Waals surface area contributed by atoms with E-state index in [0.717, 1.165) is 18.4 Å². The van der Waals surface area contributed by atoms with Crippen LogP contribution in [-0.2, 0) is 0 Å². The maximum absolute atomic E-state index is 12.4. The number of hydrogen-bond donors (Lipinski definition) is 0. The number of benzene rings is 1. The van der Waals surface area contributed by atoms with Crippen molar-refractivity contribution in [2.45, 2.75) is 38.1 Å². The van der Waals surface area contributed by atoms with Crippen molar-refractivity contribution in [3.8, 4) is 0 Å². The largest absolute Gasteiger partial charge is 0.326 e. The highest BCUT2D eigenvalue weighted by atomic mass is 79.9. The van der Waals surface area contributed by atoms with E-state index in [9.17, 15) is 4.79 Å². The third kappa shape index (κ3) is 3.09. The standard InChI is InChI=1S/C14H18BrNO/c15-11-16(13-9-5-2-6-10-13)14(17)12-7-3-1-4-8-12/h1,3-4,7-8,13H,2,5-6,9-11H2. The van der Waals surface area contributed by atoms with Gasteiger partial charge in [-0.05, 0) is 25.0 Å². The SMILES string of the molecule is O=C(c1ccccc1)N(CBr)C1CCCCC1. The van der Waals surface area contributed by atoms with Gasteiger partial charge in [-0.2, -0.15) is 0 Å². The van der Waals surface area contributed by atoms with Crippen molar-refractivity contribution in [3.05, 3.63) is 35.9 Å². The second kappa shape index (κ2) is 6.20. The summed E-state index contributed by atoms with van der Waals surface area (Å²) in [5.74, 6) is 0.148. The monoisotopic (exact) mass is 295 g/mol. The molecule has 0 heterocycles. The molecule has 1 fully saturated rings. The Hall–Kier alpha value is -0.830. The van der Waals surface area contributed by atoms with E-state index in [0.29, 0.717) is 11.5 Å². The molecule has 0 unspecified atom stereocenters. The van der Waals surface area contributed by atoms with Crippen LogP contribution in [0.4, 0.5) is 0 Å². The van der Waals surface area contributed by atoms with E-state index in [-0.39, 0.29) is 5.91 Å². The molecule has 1 aromatic rings. The second-order valence-corrected chi connectivity index (χ2v) is 5.05. The molecular weight excluding hydrogens is 278 g/mol. The average Bonchev–Trinajstić information content (AvgIpc) is 2.42. The fourth-order valence-corrected chi connectivity index (χ4v) is 3.09. The van der Waals surface area contributed by atoms with E-state index >= 15 is 0 Å². The van der Waals surface area contributed by atoms with Gasteiger partial charge in [0.25, 0.3) is 5.91 Å². The minimum absolute atomic E-state index is 0.148. The predicted octanol–water partition coefficient (Wildman–Crippen LogP) is 3.81. The van der Waals surface area contributed by atoms with Crippen molar-refractivity contribution in [3.63, 3.8) is 0 Å². The molecule has 3 heteroatoms. The molecule has 0 radical (unpaired) electrons. The number of halogens is 1. The van der Waals surface area contributed by atoms with Gasteiger partial charge in [0.05, 0.1) is 5.45 Å². The smallest absolute Gasteiger partial charge is 0.254 e. The van der Waals surface area contributed by atoms with Crippen LogP contribution in [0, 0.1) is 0 Å². The molecule has 0 N–H and O–H groups in total. The molecule has 92 valence electrons. The third-order valence-electron chi connectivity index (χ3n) is 3.43. The molecule has 0 bridgehead atoms. The number of rotatable bonds is 3. The average molecular weight is 296 g/mol. The van der Waals surface area contributed by atoms with Crippen molar-refractivity contribution in [1.29, 1.82) is 0 Å². The zero-order valence-electron chi connectivity index (χ0n) is 9.94. The maximum Gasteiger partial charge on any atom is 0.254 e. The Morgan fingerprint density at radius 2 is 1.82 bits per heavy atom. The number of carbonyl (C=O) groups is 1. The lowest BCUT2D eigenvalue weighted by atomic mass is 9.94. The molecule has 0 aromatic heterocycles. The van der Waals surface area contributed by atoms with Crippen LogP contribution in [0.3, 0.4) is 0 Å². The van der Waals surface area contributed by atoms with E-state index in [4.69, 9.17) is 0 Å². The first-order valence-corrected chi connectivity index (χ1v) is 7.37. The van der Waals surface area contributed by atoms with Crippen LogP contribution in [0.25, 0.3) is 0 Å². The molecule has 0 atom stereocenters. The number of carbonyl (C=O) groups excluding carboxylic acids is 1. The summed E-state index contributed by atoms with van der Waals surface area (Å²) in [6.07, 6.45) is 6.09. The number of nitrogens with zero attached hydrogens (tertiary/aromatic N) is 1. The van der Waals surface area contributed by atoms with Crippen molar-refractivity contribution in [2.24, 2.45) is 0 Å². The fraction of sp³-hybridized carbons (Fsp3) is 0.500. The van der Waals surface area contributed by atoms with Gasteiger partial charge in [0.1, 0.15) is 0 Å². The normalized spacial score (nSPS) is 16.8. The summed E-state index contributed by atoms with van der Waals surface area (Å²) in [4.78, 5) is 14.3. The summed E-state index contributed by atoms with van der Waals surface area (Å²) < 4.78 is 0. The molecule has 1 aromatic carbocycles.